The lowest BCUT2D eigenvalue weighted by Gasteiger charge is -2.32. The molecule has 1 saturated heterocycles. The minimum Gasteiger partial charge on any atom is -0.335 e. The van der Waals surface area contributed by atoms with Crippen LogP contribution in [0.5, 0.6) is 0 Å². The van der Waals surface area contributed by atoms with E-state index in [2.05, 4.69) is 49.9 Å². The molecule has 1 aromatic carbocycles. The van der Waals surface area contributed by atoms with Crippen LogP contribution in [0, 0.1) is 5.41 Å². The number of hydrogen-bond acceptors (Lipinski definition) is 1. The van der Waals surface area contributed by atoms with Crippen LogP contribution in [0.25, 0.3) is 0 Å². The second-order valence-electron chi connectivity index (χ2n) is 5.80. The zero-order chi connectivity index (χ0) is 13.2. The lowest BCUT2D eigenvalue weighted by molar-refractivity contribution is -0.141. The fourth-order valence-corrected chi connectivity index (χ4v) is 2.57. The van der Waals surface area contributed by atoms with Crippen molar-refractivity contribution < 1.29 is 4.79 Å². The quantitative estimate of drug-likeness (QED) is 0.793. The number of amides is 1. The molecule has 0 aliphatic carbocycles. The van der Waals surface area contributed by atoms with Crippen molar-refractivity contribution in [2.75, 3.05) is 6.54 Å². The van der Waals surface area contributed by atoms with Gasteiger partial charge in [0, 0.05) is 12.0 Å². The number of benzene rings is 1. The van der Waals surface area contributed by atoms with Crippen molar-refractivity contribution in [3.05, 3.63) is 35.9 Å². The highest BCUT2D eigenvalue weighted by Gasteiger charge is 2.37. The summed E-state index contributed by atoms with van der Waals surface area (Å²) in [6.07, 6.45) is 3.10. The molecule has 1 aliphatic heterocycles. The number of carbonyl (C=O) groups excluding carboxylic acids is 1. The molecule has 98 valence electrons. The molecule has 1 fully saturated rings. The van der Waals surface area contributed by atoms with Crippen LogP contribution in [0.1, 0.15) is 51.6 Å². The lowest BCUT2D eigenvalue weighted by atomic mass is 9.88. The summed E-state index contributed by atoms with van der Waals surface area (Å²) in [5, 5.41) is 0. The highest BCUT2D eigenvalue weighted by molar-refractivity contribution is 5.82. The predicted molar refractivity (Wildman–Crippen MR) is 74.2 cm³/mol. The van der Waals surface area contributed by atoms with Crippen molar-refractivity contribution in [1.82, 2.24) is 4.90 Å². The Morgan fingerprint density at radius 3 is 2.61 bits per heavy atom. The van der Waals surface area contributed by atoms with Crippen molar-refractivity contribution in [1.29, 1.82) is 0 Å². The fourth-order valence-electron chi connectivity index (χ4n) is 2.57. The maximum Gasteiger partial charge on any atom is 0.228 e. The highest BCUT2D eigenvalue weighted by atomic mass is 16.2. The number of carbonyl (C=O) groups is 1. The van der Waals surface area contributed by atoms with Gasteiger partial charge in [-0.1, -0.05) is 51.1 Å². The first-order chi connectivity index (χ1) is 8.56. The Balaban J connectivity index is 2.21. The van der Waals surface area contributed by atoms with Crippen LogP contribution in [0.2, 0.25) is 0 Å². The third-order valence-electron chi connectivity index (χ3n) is 4.16. The molecule has 18 heavy (non-hydrogen) atoms. The smallest absolute Gasteiger partial charge is 0.228 e. The van der Waals surface area contributed by atoms with E-state index in [4.69, 9.17) is 0 Å². The van der Waals surface area contributed by atoms with Crippen molar-refractivity contribution >= 4 is 5.91 Å². The second kappa shape index (κ2) is 5.13. The van der Waals surface area contributed by atoms with Crippen molar-refractivity contribution in [2.24, 2.45) is 5.41 Å². The van der Waals surface area contributed by atoms with Gasteiger partial charge in [-0.3, -0.25) is 4.79 Å². The first kappa shape index (κ1) is 13.1. The van der Waals surface area contributed by atoms with Crippen LogP contribution in [-0.2, 0) is 4.79 Å². The summed E-state index contributed by atoms with van der Waals surface area (Å²) in [7, 11) is 0. The standard InChI is InChI=1S/C16H23NO/c1-4-16(2,3)15(18)17-12-8-11-14(17)13-9-6-5-7-10-13/h5-7,9-10,14H,4,8,11-12H2,1-3H3/t14-/m0/s1. The van der Waals surface area contributed by atoms with Gasteiger partial charge in [0.15, 0.2) is 0 Å². The maximum absolute atomic E-state index is 12.6. The number of rotatable bonds is 3. The largest absolute Gasteiger partial charge is 0.335 e. The molecule has 1 atom stereocenters. The van der Waals surface area contributed by atoms with E-state index >= 15 is 0 Å². The maximum atomic E-state index is 12.6. The fraction of sp³-hybridized carbons (Fsp3) is 0.562. The van der Waals surface area contributed by atoms with E-state index in [1.165, 1.54) is 5.56 Å². The third kappa shape index (κ3) is 2.43. The van der Waals surface area contributed by atoms with Gasteiger partial charge in [-0.05, 0) is 24.8 Å². The summed E-state index contributed by atoms with van der Waals surface area (Å²) in [4.78, 5) is 14.7. The van der Waals surface area contributed by atoms with E-state index in [9.17, 15) is 4.79 Å². The third-order valence-corrected chi connectivity index (χ3v) is 4.16. The van der Waals surface area contributed by atoms with Gasteiger partial charge in [-0.25, -0.2) is 0 Å². The topological polar surface area (TPSA) is 20.3 Å². The van der Waals surface area contributed by atoms with E-state index in [-0.39, 0.29) is 11.5 Å². The molecule has 1 aromatic rings. The van der Waals surface area contributed by atoms with Gasteiger partial charge in [0.1, 0.15) is 0 Å². The Morgan fingerprint density at radius 1 is 1.33 bits per heavy atom. The second-order valence-corrected chi connectivity index (χ2v) is 5.80. The number of likely N-dealkylation sites (tertiary alicyclic amines) is 1. The van der Waals surface area contributed by atoms with Crippen LogP contribution >= 0.6 is 0 Å². The minimum absolute atomic E-state index is 0.239. The Bertz CT molecular complexity index is 410. The summed E-state index contributed by atoms with van der Waals surface area (Å²) >= 11 is 0. The Hall–Kier alpha value is -1.31. The van der Waals surface area contributed by atoms with Gasteiger partial charge in [-0.15, -0.1) is 0 Å². The summed E-state index contributed by atoms with van der Waals surface area (Å²) < 4.78 is 0. The molecule has 0 spiro atoms. The van der Waals surface area contributed by atoms with Crippen LogP contribution in [0.15, 0.2) is 30.3 Å². The Morgan fingerprint density at radius 2 is 2.00 bits per heavy atom. The highest BCUT2D eigenvalue weighted by Crippen LogP contribution is 2.36. The Kier molecular flexibility index (Phi) is 3.74. The predicted octanol–water partition coefficient (Wildman–Crippen LogP) is 3.79. The summed E-state index contributed by atoms with van der Waals surface area (Å²) in [5.41, 5.74) is 1.03. The van der Waals surface area contributed by atoms with Crippen LogP contribution < -0.4 is 0 Å². The van der Waals surface area contributed by atoms with Gasteiger partial charge in [0.05, 0.1) is 6.04 Å². The molecule has 0 bridgehead atoms. The van der Waals surface area contributed by atoms with Gasteiger partial charge >= 0.3 is 0 Å². The molecule has 0 saturated carbocycles. The number of hydrogen-bond donors (Lipinski definition) is 0. The molecule has 1 aliphatic rings. The SMILES string of the molecule is CCC(C)(C)C(=O)N1CCC[C@H]1c1ccccc1. The van der Waals surface area contributed by atoms with E-state index < -0.39 is 0 Å². The van der Waals surface area contributed by atoms with E-state index in [0.717, 1.165) is 25.8 Å². The summed E-state index contributed by atoms with van der Waals surface area (Å²) in [6.45, 7) is 7.10. The normalized spacial score (nSPS) is 20.2. The molecule has 0 radical (unpaired) electrons. The van der Waals surface area contributed by atoms with E-state index in [1.54, 1.807) is 0 Å². The zero-order valence-electron chi connectivity index (χ0n) is 11.6. The van der Waals surface area contributed by atoms with Crippen molar-refractivity contribution in [3.8, 4) is 0 Å². The first-order valence-electron chi connectivity index (χ1n) is 6.92. The molecular weight excluding hydrogens is 222 g/mol. The van der Waals surface area contributed by atoms with Crippen molar-refractivity contribution in [2.45, 2.75) is 46.1 Å². The van der Waals surface area contributed by atoms with Gasteiger partial charge < -0.3 is 4.90 Å². The molecule has 0 unspecified atom stereocenters. The summed E-state index contributed by atoms with van der Waals surface area (Å²) in [5.74, 6) is 0.302. The lowest BCUT2D eigenvalue weighted by Crippen LogP contribution is -2.40. The first-order valence-corrected chi connectivity index (χ1v) is 6.92. The van der Waals surface area contributed by atoms with Crippen LogP contribution in [-0.4, -0.2) is 17.4 Å². The molecule has 0 N–H and O–H groups in total. The van der Waals surface area contributed by atoms with Gasteiger partial charge in [-0.2, -0.15) is 0 Å². The van der Waals surface area contributed by atoms with Gasteiger partial charge in [0.2, 0.25) is 5.91 Å². The van der Waals surface area contributed by atoms with Crippen molar-refractivity contribution in [3.63, 3.8) is 0 Å². The van der Waals surface area contributed by atoms with Gasteiger partial charge in [0.25, 0.3) is 0 Å². The van der Waals surface area contributed by atoms with E-state index in [0.29, 0.717) is 5.91 Å². The average Bonchev–Trinajstić information content (AvgIpc) is 2.87. The number of nitrogens with zero attached hydrogens (tertiary/aromatic N) is 1. The molecule has 1 heterocycles. The molecular formula is C16H23NO. The summed E-state index contributed by atoms with van der Waals surface area (Å²) in [6, 6.07) is 10.7. The van der Waals surface area contributed by atoms with Crippen LogP contribution in [0.3, 0.4) is 0 Å². The monoisotopic (exact) mass is 245 g/mol. The molecule has 2 nitrogen and oxygen atoms in total. The molecule has 0 aromatic heterocycles. The molecule has 1 amide bonds. The molecule has 2 rings (SSSR count). The zero-order valence-corrected chi connectivity index (χ0v) is 11.6. The molecule has 2 heteroatoms. The average molecular weight is 245 g/mol. The minimum atomic E-state index is -0.239. The Labute approximate surface area is 110 Å². The van der Waals surface area contributed by atoms with E-state index in [1.807, 2.05) is 6.07 Å². The van der Waals surface area contributed by atoms with Crippen LogP contribution in [0.4, 0.5) is 0 Å².